The molecule has 33 heavy (non-hydrogen) atoms. The Hall–Kier alpha value is -4.01. The van der Waals surface area contributed by atoms with Crippen molar-refractivity contribution in [3.05, 3.63) is 95.8 Å². The molecular formula is C24H20F3N5O. The van der Waals surface area contributed by atoms with Crippen molar-refractivity contribution in [2.75, 3.05) is 13.1 Å². The number of carbonyl (C=O) groups excluding carboxylic acids is 1. The second kappa shape index (κ2) is 9.64. The molecule has 0 radical (unpaired) electrons. The summed E-state index contributed by atoms with van der Waals surface area (Å²) in [5.74, 6) is -2.43. The Morgan fingerprint density at radius 2 is 1.79 bits per heavy atom. The van der Waals surface area contributed by atoms with Crippen LogP contribution in [0.4, 0.5) is 13.2 Å². The molecule has 0 unspecified atom stereocenters. The maximum Gasteiger partial charge on any atom is 0.254 e. The highest BCUT2D eigenvalue weighted by Crippen LogP contribution is 2.23. The molecule has 2 aromatic heterocycles. The number of hydrogen-bond acceptors (Lipinski definition) is 4. The Kier molecular flexibility index (Phi) is 6.48. The van der Waals surface area contributed by atoms with Gasteiger partial charge >= 0.3 is 0 Å². The molecule has 0 atom stereocenters. The first-order valence-electron chi connectivity index (χ1n) is 10.3. The zero-order chi connectivity index (χ0) is 23.4. The number of carbonyl (C=O) groups is 1. The summed E-state index contributed by atoms with van der Waals surface area (Å²) in [5.41, 5.74) is 1.67. The summed E-state index contributed by atoms with van der Waals surface area (Å²) in [4.78, 5) is 23.2. The average Bonchev–Trinajstić information content (AvgIpc) is 3.30. The molecule has 4 aromatic rings. The zero-order valence-corrected chi connectivity index (χ0v) is 17.8. The standard InChI is InChI=1S/C24H20F3N5O/c1-2-31(12-8-17-9-13-32(30-17)18-5-7-21(26)22(27)15-18)24(33)20-14-16(25)4-6-19(20)23-28-10-3-11-29-23/h3-7,9-11,13-15H,2,8,12H2,1H3. The topological polar surface area (TPSA) is 63.9 Å². The van der Waals surface area contributed by atoms with Crippen LogP contribution in [-0.2, 0) is 6.42 Å². The number of amides is 1. The van der Waals surface area contributed by atoms with E-state index in [1.165, 1.54) is 28.9 Å². The van der Waals surface area contributed by atoms with Gasteiger partial charge in [0.05, 0.1) is 16.9 Å². The number of nitrogens with zero attached hydrogens (tertiary/aromatic N) is 5. The van der Waals surface area contributed by atoms with Gasteiger partial charge in [0.1, 0.15) is 5.82 Å². The number of benzene rings is 2. The lowest BCUT2D eigenvalue weighted by atomic mass is 10.0. The van der Waals surface area contributed by atoms with Crippen LogP contribution in [0.15, 0.2) is 67.1 Å². The smallest absolute Gasteiger partial charge is 0.254 e. The van der Waals surface area contributed by atoms with Crippen molar-refractivity contribution >= 4 is 5.91 Å². The van der Waals surface area contributed by atoms with E-state index in [1.54, 1.807) is 35.6 Å². The van der Waals surface area contributed by atoms with Gasteiger partial charge < -0.3 is 4.90 Å². The van der Waals surface area contributed by atoms with Crippen molar-refractivity contribution in [3.63, 3.8) is 0 Å². The van der Waals surface area contributed by atoms with Crippen LogP contribution in [0.2, 0.25) is 0 Å². The SMILES string of the molecule is CCN(CCc1ccn(-c2ccc(F)c(F)c2)n1)C(=O)c1cc(F)ccc1-c1ncccn1. The van der Waals surface area contributed by atoms with Gasteiger partial charge in [-0.1, -0.05) is 0 Å². The average molecular weight is 451 g/mol. The number of rotatable bonds is 7. The summed E-state index contributed by atoms with van der Waals surface area (Å²) in [7, 11) is 0. The monoisotopic (exact) mass is 451 g/mol. The van der Waals surface area contributed by atoms with Gasteiger partial charge in [-0.2, -0.15) is 5.10 Å². The van der Waals surface area contributed by atoms with Gasteiger partial charge in [0, 0.05) is 49.7 Å². The van der Waals surface area contributed by atoms with Gasteiger partial charge in [0.25, 0.3) is 5.91 Å². The Morgan fingerprint density at radius 1 is 1.00 bits per heavy atom. The third-order valence-corrected chi connectivity index (χ3v) is 5.14. The zero-order valence-electron chi connectivity index (χ0n) is 17.8. The molecule has 0 aliphatic rings. The first kappa shape index (κ1) is 22.2. The van der Waals surface area contributed by atoms with E-state index in [1.807, 2.05) is 6.92 Å². The van der Waals surface area contributed by atoms with Crippen LogP contribution in [0, 0.1) is 17.5 Å². The van der Waals surface area contributed by atoms with Crippen LogP contribution < -0.4 is 0 Å². The molecule has 0 aliphatic heterocycles. The molecule has 4 rings (SSSR count). The van der Waals surface area contributed by atoms with E-state index in [-0.39, 0.29) is 11.5 Å². The molecule has 2 heterocycles. The van der Waals surface area contributed by atoms with Gasteiger partial charge in [-0.05, 0) is 49.4 Å². The summed E-state index contributed by atoms with van der Waals surface area (Å²) in [6, 6.07) is 10.9. The van der Waals surface area contributed by atoms with E-state index < -0.39 is 17.5 Å². The van der Waals surface area contributed by atoms with Gasteiger partial charge in [-0.3, -0.25) is 4.79 Å². The van der Waals surface area contributed by atoms with E-state index in [0.717, 1.165) is 12.1 Å². The Morgan fingerprint density at radius 3 is 2.52 bits per heavy atom. The fourth-order valence-corrected chi connectivity index (χ4v) is 3.42. The predicted molar refractivity (Wildman–Crippen MR) is 116 cm³/mol. The van der Waals surface area contributed by atoms with Crippen molar-refractivity contribution in [1.82, 2.24) is 24.6 Å². The van der Waals surface area contributed by atoms with Crippen molar-refractivity contribution < 1.29 is 18.0 Å². The van der Waals surface area contributed by atoms with Crippen LogP contribution in [0.1, 0.15) is 23.0 Å². The van der Waals surface area contributed by atoms with Crippen molar-refractivity contribution in [2.45, 2.75) is 13.3 Å². The summed E-state index contributed by atoms with van der Waals surface area (Å²) in [6.45, 7) is 2.56. The maximum absolute atomic E-state index is 14.0. The number of halogens is 3. The molecule has 0 spiro atoms. The quantitative estimate of drug-likeness (QED) is 0.417. The molecule has 0 fully saturated rings. The van der Waals surface area contributed by atoms with E-state index in [9.17, 15) is 18.0 Å². The predicted octanol–water partition coefficient (Wildman–Crippen LogP) is 4.45. The lowest BCUT2D eigenvalue weighted by molar-refractivity contribution is 0.0766. The Balaban J connectivity index is 1.51. The number of hydrogen-bond donors (Lipinski definition) is 0. The van der Waals surface area contributed by atoms with E-state index in [2.05, 4.69) is 15.1 Å². The summed E-state index contributed by atoms with van der Waals surface area (Å²) in [6.07, 6.45) is 5.17. The van der Waals surface area contributed by atoms with Crippen LogP contribution in [0.3, 0.4) is 0 Å². The molecule has 0 N–H and O–H groups in total. The Labute approximate surface area is 188 Å². The third kappa shape index (κ3) is 4.92. The van der Waals surface area contributed by atoms with Crippen LogP contribution in [0.25, 0.3) is 17.1 Å². The summed E-state index contributed by atoms with van der Waals surface area (Å²) >= 11 is 0. The third-order valence-electron chi connectivity index (χ3n) is 5.14. The van der Waals surface area contributed by atoms with E-state index >= 15 is 0 Å². The minimum atomic E-state index is -0.958. The van der Waals surface area contributed by atoms with Crippen molar-refractivity contribution in [1.29, 1.82) is 0 Å². The molecule has 1 amide bonds. The lowest BCUT2D eigenvalue weighted by Crippen LogP contribution is -2.33. The van der Waals surface area contributed by atoms with Crippen LogP contribution in [-0.4, -0.2) is 43.6 Å². The highest BCUT2D eigenvalue weighted by molar-refractivity contribution is 6.00. The fourth-order valence-electron chi connectivity index (χ4n) is 3.42. The van der Waals surface area contributed by atoms with Gasteiger partial charge in [0.15, 0.2) is 17.5 Å². The highest BCUT2D eigenvalue weighted by atomic mass is 19.2. The van der Waals surface area contributed by atoms with Crippen LogP contribution >= 0.6 is 0 Å². The molecule has 0 aliphatic carbocycles. The van der Waals surface area contributed by atoms with Gasteiger partial charge in [-0.15, -0.1) is 0 Å². The number of likely N-dealkylation sites (N-methyl/N-ethyl adjacent to an activating group) is 1. The molecule has 0 bridgehead atoms. The largest absolute Gasteiger partial charge is 0.339 e. The fraction of sp³-hybridized carbons (Fsp3) is 0.167. The molecule has 6 nitrogen and oxygen atoms in total. The molecule has 0 saturated carbocycles. The van der Waals surface area contributed by atoms with Crippen LogP contribution in [0.5, 0.6) is 0 Å². The second-order valence-electron chi connectivity index (χ2n) is 7.25. The second-order valence-corrected chi connectivity index (χ2v) is 7.25. The minimum absolute atomic E-state index is 0.176. The lowest BCUT2D eigenvalue weighted by Gasteiger charge is -2.22. The van der Waals surface area contributed by atoms with Gasteiger partial charge in [-0.25, -0.2) is 27.8 Å². The number of aromatic nitrogens is 4. The van der Waals surface area contributed by atoms with Gasteiger partial charge in [0.2, 0.25) is 0 Å². The maximum atomic E-state index is 14.0. The Bertz CT molecular complexity index is 1280. The normalized spacial score (nSPS) is 10.9. The molecular weight excluding hydrogens is 431 g/mol. The van der Waals surface area contributed by atoms with E-state index in [4.69, 9.17) is 0 Å². The van der Waals surface area contributed by atoms with E-state index in [0.29, 0.717) is 42.3 Å². The molecule has 2 aromatic carbocycles. The first-order valence-corrected chi connectivity index (χ1v) is 10.3. The summed E-state index contributed by atoms with van der Waals surface area (Å²) in [5, 5.41) is 4.38. The minimum Gasteiger partial charge on any atom is -0.339 e. The molecule has 0 saturated heterocycles. The summed E-state index contributed by atoms with van der Waals surface area (Å²) < 4.78 is 42.1. The first-order chi connectivity index (χ1) is 16.0. The van der Waals surface area contributed by atoms with Crippen molar-refractivity contribution in [3.8, 4) is 17.1 Å². The molecule has 9 heteroatoms. The van der Waals surface area contributed by atoms with Crippen molar-refractivity contribution in [2.24, 2.45) is 0 Å². The molecule has 168 valence electrons. The highest BCUT2D eigenvalue weighted by Gasteiger charge is 2.21.